The van der Waals surface area contributed by atoms with E-state index in [4.69, 9.17) is 14.9 Å². The quantitative estimate of drug-likeness (QED) is 0.396. The standard InChI is InChI=1S/C9H16O2.C5H6O2.C4H6O2/c1-4-6-7-8(3)9(10)11-5-2;1-3-4(2)5(6)7;1-3(2)4(5)6/h3-7H2,1-2H3;3H,1-2H2,(H,6,7);1H2,2H3,(H,5,6). The Hall–Kier alpha value is -2.63. The molecule has 6 nitrogen and oxygen atoms in total. The van der Waals surface area contributed by atoms with Crippen LogP contribution in [0.15, 0.2) is 49.1 Å². The number of rotatable bonds is 8. The summed E-state index contributed by atoms with van der Waals surface area (Å²) < 4.78 is 4.76. The average molecular weight is 340 g/mol. The van der Waals surface area contributed by atoms with E-state index in [0.717, 1.165) is 19.3 Å². The lowest BCUT2D eigenvalue weighted by Gasteiger charge is -2.02. The molecule has 0 aromatic heterocycles. The van der Waals surface area contributed by atoms with Crippen LogP contribution in [0.5, 0.6) is 0 Å². The van der Waals surface area contributed by atoms with Crippen molar-refractivity contribution >= 4 is 17.9 Å². The molecule has 0 aromatic carbocycles. The predicted molar refractivity (Wildman–Crippen MR) is 94.7 cm³/mol. The van der Waals surface area contributed by atoms with Gasteiger partial charge in [0.15, 0.2) is 0 Å². The lowest BCUT2D eigenvalue weighted by molar-refractivity contribution is -0.138. The second-order valence-electron chi connectivity index (χ2n) is 4.55. The first-order valence-electron chi connectivity index (χ1n) is 7.33. The molecule has 0 spiro atoms. The fourth-order valence-electron chi connectivity index (χ4n) is 0.813. The maximum Gasteiger partial charge on any atom is 0.335 e. The van der Waals surface area contributed by atoms with Crippen molar-refractivity contribution in [2.24, 2.45) is 0 Å². The molecule has 0 saturated heterocycles. The first-order valence-corrected chi connectivity index (χ1v) is 7.33. The number of hydrogen-bond acceptors (Lipinski definition) is 4. The summed E-state index contributed by atoms with van der Waals surface area (Å²) in [5, 5.41) is 15.9. The van der Waals surface area contributed by atoms with Crippen LogP contribution in [0.2, 0.25) is 0 Å². The van der Waals surface area contributed by atoms with E-state index in [1.807, 2.05) is 0 Å². The molecule has 0 radical (unpaired) electrons. The molecule has 24 heavy (non-hydrogen) atoms. The highest BCUT2D eigenvalue weighted by Crippen LogP contribution is 2.06. The highest BCUT2D eigenvalue weighted by atomic mass is 16.5. The third kappa shape index (κ3) is 19.4. The summed E-state index contributed by atoms with van der Waals surface area (Å²) in [5.74, 6) is -2.20. The van der Waals surface area contributed by atoms with Gasteiger partial charge in [-0.2, -0.15) is 0 Å². The number of carbonyl (C=O) groups is 3. The largest absolute Gasteiger partial charge is 0.478 e. The van der Waals surface area contributed by atoms with Crippen LogP contribution in [0.4, 0.5) is 0 Å². The van der Waals surface area contributed by atoms with Crippen LogP contribution in [-0.4, -0.2) is 34.7 Å². The molecule has 0 aliphatic heterocycles. The van der Waals surface area contributed by atoms with Gasteiger partial charge in [-0.15, -0.1) is 0 Å². The molecule has 0 rings (SSSR count). The van der Waals surface area contributed by atoms with Crippen molar-refractivity contribution in [3.05, 3.63) is 49.1 Å². The Labute approximate surface area is 143 Å². The zero-order valence-electron chi connectivity index (χ0n) is 14.8. The van der Waals surface area contributed by atoms with Gasteiger partial charge in [0.1, 0.15) is 0 Å². The monoisotopic (exact) mass is 340 g/mol. The van der Waals surface area contributed by atoms with Gasteiger partial charge in [-0.3, -0.25) is 0 Å². The molecule has 6 heteroatoms. The van der Waals surface area contributed by atoms with E-state index in [1.54, 1.807) is 6.92 Å². The summed E-state index contributed by atoms with van der Waals surface area (Å²) in [6, 6.07) is 0. The first kappa shape index (κ1) is 26.3. The van der Waals surface area contributed by atoms with Crippen molar-refractivity contribution in [2.75, 3.05) is 6.61 Å². The molecule has 0 bridgehead atoms. The molecule has 136 valence electrons. The fourth-order valence-corrected chi connectivity index (χ4v) is 0.813. The summed E-state index contributed by atoms with van der Waals surface area (Å²) in [5.41, 5.74) is 0.795. The van der Waals surface area contributed by atoms with Crippen molar-refractivity contribution in [3.8, 4) is 0 Å². The van der Waals surface area contributed by atoms with Gasteiger partial charge >= 0.3 is 17.9 Å². The van der Waals surface area contributed by atoms with Crippen molar-refractivity contribution < 1.29 is 29.3 Å². The number of unbranched alkanes of at least 4 members (excludes halogenated alkanes) is 1. The van der Waals surface area contributed by atoms with E-state index < -0.39 is 11.9 Å². The van der Waals surface area contributed by atoms with Crippen LogP contribution in [0.25, 0.3) is 0 Å². The van der Waals surface area contributed by atoms with Gasteiger partial charge in [-0.1, -0.05) is 45.7 Å². The Morgan fingerprint density at radius 3 is 1.71 bits per heavy atom. The molecule has 2 N–H and O–H groups in total. The summed E-state index contributed by atoms with van der Waals surface area (Å²) in [6.45, 7) is 18.9. The third-order valence-corrected chi connectivity index (χ3v) is 2.28. The predicted octanol–water partition coefficient (Wildman–Crippen LogP) is 3.76. The first-order chi connectivity index (χ1) is 11.0. The minimum absolute atomic E-state index is 0.0278. The zero-order chi connectivity index (χ0) is 19.7. The van der Waals surface area contributed by atoms with Gasteiger partial charge < -0.3 is 14.9 Å². The van der Waals surface area contributed by atoms with Crippen LogP contribution in [0.3, 0.4) is 0 Å². The minimum Gasteiger partial charge on any atom is -0.478 e. The molecule has 0 fully saturated rings. The van der Waals surface area contributed by atoms with Crippen LogP contribution in [-0.2, 0) is 19.1 Å². The Morgan fingerprint density at radius 1 is 1.04 bits per heavy atom. The second kappa shape index (κ2) is 16.7. The van der Waals surface area contributed by atoms with Crippen molar-refractivity contribution in [1.29, 1.82) is 0 Å². The molecular formula is C18H28O6. The highest BCUT2D eigenvalue weighted by molar-refractivity contribution is 5.88. The molecule has 0 unspecified atom stereocenters. The van der Waals surface area contributed by atoms with Crippen molar-refractivity contribution in [3.63, 3.8) is 0 Å². The highest BCUT2D eigenvalue weighted by Gasteiger charge is 2.05. The topological polar surface area (TPSA) is 101 Å². The minimum atomic E-state index is -1.02. The Kier molecular flexibility index (Phi) is 18.3. The number of carboxylic acids is 2. The molecular weight excluding hydrogens is 312 g/mol. The summed E-state index contributed by atoms with van der Waals surface area (Å²) in [6.07, 6.45) is 4.05. The molecule has 0 atom stereocenters. The molecule has 0 heterocycles. The summed E-state index contributed by atoms with van der Waals surface area (Å²) in [4.78, 5) is 30.3. The van der Waals surface area contributed by atoms with E-state index >= 15 is 0 Å². The Bertz CT molecular complexity index is 462. The lowest BCUT2D eigenvalue weighted by Crippen LogP contribution is -2.06. The Balaban J connectivity index is -0.000000294. The van der Waals surface area contributed by atoms with Crippen LogP contribution in [0.1, 0.15) is 40.0 Å². The van der Waals surface area contributed by atoms with Crippen molar-refractivity contribution in [2.45, 2.75) is 40.0 Å². The maximum atomic E-state index is 10.9. The molecule has 0 saturated carbocycles. The third-order valence-electron chi connectivity index (χ3n) is 2.28. The normalized spacial score (nSPS) is 8.29. The molecule has 0 aliphatic carbocycles. The number of hydrogen-bond donors (Lipinski definition) is 2. The number of carboxylic acid groups (broad SMARTS) is 2. The van der Waals surface area contributed by atoms with Gasteiger partial charge in [-0.05, 0) is 26.7 Å². The summed E-state index contributed by atoms with van der Waals surface area (Å²) in [7, 11) is 0. The smallest absolute Gasteiger partial charge is 0.335 e. The maximum absolute atomic E-state index is 10.9. The van der Waals surface area contributed by atoms with Gasteiger partial charge in [0, 0.05) is 11.1 Å². The van der Waals surface area contributed by atoms with E-state index in [1.165, 1.54) is 13.0 Å². The Morgan fingerprint density at radius 2 is 1.50 bits per heavy atom. The number of ether oxygens (including phenoxy) is 1. The second-order valence-corrected chi connectivity index (χ2v) is 4.55. The van der Waals surface area contributed by atoms with Gasteiger partial charge in [0.2, 0.25) is 0 Å². The van der Waals surface area contributed by atoms with Crippen LogP contribution in [0, 0.1) is 0 Å². The summed E-state index contributed by atoms with van der Waals surface area (Å²) >= 11 is 0. The fraction of sp³-hybridized carbons (Fsp3) is 0.389. The SMILES string of the molecule is C=C(C)C(=O)O.C=C(CCCC)C(=O)OCC.C=CC(=C)C(=O)O. The molecule has 0 amide bonds. The average Bonchev–Trinajstić information content (AvgIpc) is 2.52. The van der Waals surface area contributed by atoms with Crippen LogP contribution < -0.4 is 0 Å². The van der Waals surface area contributed by atoms with E-state index in [-0.39, 0.29) is 17.1 Å². The van der Waals surface area contributed by atoms with Gasteiger partial charge in [0.25, 0.3) is 0 Å². The van der Waals surface area contributed by atoms with Crippen molar-refractivity contribution in [1.82, 2.24) is 0 Å². The van der Waals surface area contributed by atoms with Gasteiger partial charge in [0.05, 0.1) is 12.2 Å². The molecule has 0 aromatic rings. The zero-order valence-corrected chi connectivity index (χ0v) is 14.8. The van der Waals surface area contributed by atoms with E-state index in [9.17, 15) is 14.4 Å². The van der Waals surface area contributed by atoms with Gasteiger partial charge in [-0.25, -0.2) is 14.4 Å². The number of aliphatic carboxylic acids is 2. The van der Waals surface area contributed by atoms with E-state index in [0.29, 0.717) is 12.2 Å². The number of carbonyl (C=O) groups excluding carboxylic acids is 1. The lowest BCUT2D eigenvalue weighted by atomic mass is 10.1. The molecule has 0 aliphatic rings. The number of esters is 1. The van der Waals surface area contributed by atoms with Crippen LogP contribution >= 0.6 is 0 Å². The van der Waals surface area contributed by atoms with E-state index in [2.05, 4.69) is 33.2 Å².